The van der Waals surface area contributed by atoms with E-state index in [2.05, 4.69) is 5.32 Å². The average molecular weight is 350 g/mol. The van der Waals surface area contributed by atoms with E-state index in [1.807, 2.05) is 73.7 Å². The summed E-state index contributed by atoms with van der Waals surface area (Å²) in [4.78, 5) is 13.8. The number of nitrogens with one attached hydrogen (secondary N) is 1. The molecule has 5 heteroatoms. The van der Waals surface area contributed by atoms with Gasteiger partial charge in [0.05, 0.1) is 6.54 Å². The zero-order valence-corrected chi connectivity index (χ0v) is 14.9. The average Bonchev–Trinajstić information content (AvgIpc) is 3.06. The smallest absolute Gasteiger partial charge is 0.260 e. The van der Waals surface area contributed by atoms with Crippen molar-refractivity contribution in [3.63, 3.8) is 0 Å². The number of anilines is 2. The van der Waals surface area contributed by atoms with Crippen LogP contribution in [-0.4, -0.2) is 24.5 Å². The molecular formula is C21H22N2O3. The van der Waals surface area contributed by atoms with Gasteiger partial charge in [0.2, 0.25) is 0 Å². The van der Waals surface area contributed by atoms with Crippen molar-refractivity contribution in [1.82, 2.24) is 4.90 Å². The fraction of sp³-hybridized carbons (Fsp3) is 0.190. The molecule has 5 nitrogen and oxygen atoms in total. The van der Waals surface area contributed by atoms with Crippen LogP contribution < -0.4 is 10.1 Å². The second-order valence-corrected chi connectivity index (χ2v) is 6.07. The molecule has 1 amide bonds. The number of carbonyl (C=O) groups is 1. The van der Waals surface area contributed by atoms with E-state index in [9.17, 15) is 4.79 Å². The Morgan fingerprint density at radius 3 is 2.35 bits per heavy atom. The molecule has 0 radical (unpaired) electrons. The molecule has 3 aromatic rings. The highest BCUT2D eigenvalue weighted by atomic mass is 16.5. The van der Waals surface area contributed by atoms with Crippen LogP contribution in [0, 0.1) is 6.92 Å². The Hall–Kier alpha value is -3.21. The first-order chi connectivity index (χ1) is 12.6. The predicted molar refractivity (Wildman–Crippen MR) is 102 cm³/mol. The Balaban J connectivity index is 1.48. The number of carbonyl (C=O) groups excluding carboxylic acids is 1. The van der Waals surface area contributed by atoms with Crippen LogP contribution in [0.15, 0.2) is 71.1 Å². The van der Waals surface area contributed by atoms with E-state index in [1.54, 1.807) is 11.9 Å². The van der Waals surface area contributed by atoms with E-state index in [4.69, 9.17) is 9.15 Å². The summed E-state index contributed by atoms with van der Waals surface area (Å²) < 4.78 is 11.1. The van der Waals surface area contributed by atoms with Crippen LogP contribution in [0.2, 0.25) is 0 Å². The number of nitrogens with zero attached hydrogens (tertiary/aromatic N) is 1. The molecule has 0 bridgehead atoms. The molecule has 1 aromatic heterocycles. The summed E-state index contributed by atoms with van der Waals surface area (Å²) in [6.45, 7) is 2.29. The summed E-state index contributed by atoms with van der Waals surface area (Å²) in [5.41, 5.74) is 1.98. The predicted octanol–water partition coefficient (Wildman–Crippen LogP) is 4.37. The third-order valence-corrected chi connectivity index (χ3v) is 3.89. The number of hydrogen-bond donors (Lipinski definition) is 1. The molecule has 3 rings (SSSR count). The maximum absolute atomic E-state index is 12.2. The van der Waals surface area contributed by atoms with E-state index in [-0.39, 0.29) is 12.5 Å². The van der Waals surface area contributed by atoms with Crippen molar-refractivity contribution in [2.75, 3.05) is 19.0 Å². The van der Waals surface area contributed by atoms with Crippen molar-refractivity contribution in [2.24, 2.45) is 0 Å². The largest absolute Gasteiger partial charge is 0.484 e. The van der Waals surface area contributed by atoms with Crippen LogP contribution in [-0.2, 0) is 11.3 Å². The summed E-state index contributed by atoms with van der Waals surface area (Å²) >= 11 is 0. The van der Waals surface area contributed by atoms with Crippen LogP contribution >= 0.6 is 0 Å². The first-order valence-corrected chi connectivity index (χ1v) is 8.44. The Labute approximate surface area is 153 Å². The molecule has 0 aliphatic rings. The van der Waals surface area contributed by atoms with Gasteiger partial charge in [-0.05, 0) is 55.5 Å². The molecule has 0 atom stereocenters. The quantitative estimate of drug-likeness (QED) is 0.687. The van der Waals surface area contributed by atoms with Crippen LogP contribution in [0.3, 0.4) is 0 Å². The number of ether oxygens (including phenoxy) is 1. The SMILES string of the molecule is Cc1ccc(CN(C)C(=O)COc2ccc(Nc3ccccc3)cc2)o1. The maximum Gasteiger partial charge on any atom is 0.260 e. The van der Waals surface area contributed by atoms with Crippen molar-refractivity contribution in [3.05, 3.63) is 78.3 Å². The Kier molecular flexibility index (Phi) is 5.59. The van der Waals surface area contributed by atoms with Gasteiger partial charge >= 0.3 is 0 Å². The highest BCUT2D eigenvalue weighted by Gasteiger charge is 2.12. The normalized spacial score (nSPS) is 10.4. The minimum atomic E-state index is -0.106. The van der Waals surface area contributed by atoms with Crippen molar-refractivity contribution >= 4 is 17.3 Å². The Morgan fingerprint density at radius 2 is 1.69 bits per heavy atom. The van der Waals surface area contributed by atoms with Crippen LogP contribution in [0.1, 0.15) is 11.5 Å². The molecule has 0 spiro atoms. The highest BCUT2D eigenvalue weighted by Crippen LogP contribution is 2.20. The number of likely N-dealkylation sites (N-methyl/N-ethyl adjacent to an activating group) is 1. The van der Waals surface area contributed by atoms with Gasteiger partial charge < -0.3 is 19.4 Å². The van der Waals surface area contributed by atoms with Crippen molar-refractivity contribution < 1.29 is 13.9 Å². The molecule has 0 fully saturated rings. The van der Waals surface area contributed by atoms with E-state index in [1.165, 1.54) is 0 Å². The molecule has 0 aliphatic heterocycles. The molecular weight excluding hydrogens is 328 g/mol. The molecule has 26 heavy (non-hydrogen) atoms. The summed E-state index contributed by atoms with van der Waals surface area (Å²) in [6.07, 6.45) is 0. The molecule has 0 aliphatic carbocycles. The monoisotopic (exact) mass is 350 g/mol. The van der Waals surface area contributed by atoms with Crippen molar-refractivity contribution in [2.45, 2.75) is 13.5 Å². The number of amides is 1. The molecule has 134 valence electrons. The standard InChI is InChI=1S/C21H22N2O3/c1-16-8-11-20(26-16)14-23(2)21(24)15-25-19-12-9-18(10-13-19)22-17-6-4-3-5-7-17/h3-13,22H,14-15H2,1-2H3. The van der Waals surface area contributed by atoms with Gasteiger partial charge in [-0.3, -0.25) is 4.79 Å². The van der Waals surface area contributed by atoms with Crippen molar-refractivity contribution in [3.8, 4) is 5.75 Å². The van der Waals surface area contributed by atoms with Crippen LogP contribution in [0.5, 0.6) is 5.75 Å². The van der Waals surface area contributed by atoms with Crippen molar-refractivity contribution in [1.29, 1.82) is 0 Å². The topological polar surface area (TPSA) is 54.7 Å². The number of aryl methyl sites for hydroxylation is 1. The van der Waals surface area contributed by atoms with E-state index >= 15 is 0 Å². The molecule has 0 saturated heterocycles. The fourth-order valence-corrected chi connectivity index (χ4v) is 2.47. The number of benzene rings is 2. The summed E-state index contributed by atoms with van der Waals surface area (Å²) in [5.74, 6) is 2.14. The molecule has 0 saturated carbocycles. The third-order valence-electron chi connectivity index (χ3n) is 3.89. The first kappa shape index (κ1) is 17.6. The molecule has 2 aromatic carbocycles. The van der Waals surface area contributed by atoms with Gasteiger partial charge in [0, 0.05) is 18.4 Å². The lowest BCUT2D eigenvalue weighted by Crippen LogP contribution is -2.30. The number of furan rings is 1. The maximum atomic E-state index is 12.2. The van der Waals surface area contributed by atoms with Gasteiger partial charge in [0.15, 0.2) is 6.61 Å². The van der Waals surface area contributed by atoms with Crippen LogP contribution in [0.4, 0.5) is 11.4 Å². The van der Waals surface area contributed by atoms with Gasteiger partial charge in [0.25, 0.3) is 5.91 Å². The van der Waals surface area contributed by atoms with E-state index in [0.717, 1.165) is 22.9 Å². The number of hydrogen-bond acceptors (Lipinski definition) is 4. The highest BCUT2D eigenvalue weighted by molar-refractivity contribution is 5.77. The minimum absolute atomic E-state index is 0.0123. The molecule has 1 N–H and O–H groups in total. The van der Waals surface area contributed by atoms with Crippen LogP contribution in [0.25, 0.3) is 0 Å². The van der Waals surface area contributed by atoms with Gasteiger partial charge in [-0.15, -0.1) is 0 Å². The Bertz CT molecular complexity index is 841. The second-order valence-electron chi connectivity index (χ2n) is 6.07. The lowest BCUT2D eigenvalue weighted by Gasteiger charge is -2.16. The molecule has 0 unspecified atom stereocenters. The number of rotatable bonds is 7. The fourth-order valence-electron chi connectivity index (χ4n) is 2.47. The van der Waals surface area contributed by atoms with Gasteiger partial charge in [-0.2, -0.15) is 0 Å². The lowest BCUT2D eigenvalue weighted by molar-refractivity contribution is -0.132. The first-order valence-electron chi connectivity index (χ1n) is 8.44. The zero-order chi connectivity index (χ0) is 18.4. The van der Waals surface area contributed by atoms with Gasteiger partial charge in [0.1, 0.15) is 17.3 Å². The van der Waals surface area contributed by atoms with E-state index in [0.29, 0.717) is 12.3 Å². The molecule has 1 heterocycles. The third kappa shape index (κ3) is 4.89. The van der Waals surface area contributed by atoms with Gasteiger partial charge in [-0.25, -0.2) is 0 Å². The zero-order valence-electron chi connectivity index (χ0n) is 14.9. The van der Waals surface area contributed by atoms with Gasteiger partial charge in [-0.1, -0.05) is 18.2 Å². The second kappa shape index (κ2) is 8.25. The summed E-state index contributed by atoms with van der Waals surface area (Å²) in [7, 11) is 1.73. The minimum Gasteiger partial charge on any atom is -0.484 e. The van der Waals surface area contributed by atoms with E-state index < -0.39 is 0 Å². The summed E-state index contributed by atoms with van der Waals surface area (Å²) in [5, 5.41) is 3.30. The Morgan fingerprint density at radius 1 is 1.00 bits per heavy atom. The number of para-hydroxylation sites is 1. The summed E-state index contributed by atoms with van der Waals surface area (Å²) in [6, 6.07) is 21.2. The lowest BCUT2D eigenvalue weighted by atomic mass is 10.2.